The molecule has 1 aromatic carbocycles. The van der Waals surface area contributed by atoms with Gasteiger partial charge in [-0.15, -0.1) is 0 Å². The van der Waals surface area contributed by atoms with E-state index >= 15 is 0 Å². The van der Waals surface area contributed by atoms with Crippen LogP contribution < -0.4 is 10.6 Å². The molecule has 1 amide bonds. The summed E-state index contributed by atoms with van der Waals surface area (Å²) in [6.45, 7) is 2.38. The first-order valence-electron chi connectivity index (χ1n) is 6.80. The largest absolute Gasteiger partial charge is 0.384 e. The molecule has 0 spiro atoms. The van der Waals surface area contributed by atoms with Crippen LogP contribution in [0.15, 0.2) is 60.4 Å². The van der Waals surface area contributed by atoms with Crippen molar-refractivity contribution in [3.05, 3.63) is 71.7 Å². The van der Waals surface area contributed by atoms with Crippen LogP contribution in [0.1, 0.15) is 11.3 Å². The number of rotatable bonds is 5. The third kappa shape index (κ3) is 4.46. The van der Waals surface area contributed by atoms with Crippen molar-refractivity contribution in [3.8, 4) is 6.07 Å². The average molecular weight is 292 g/mol. The number of aromatic nitrogens is 1. The molecule has 0 saturated heterocycles. The maximum absolute atomic E-state index is 12.0. The second kappa shape index (κ2) is 7.60. The van der Waals surface area contributed by atoms with E-state index in [4.69, 9.17) is 5.26 Å². The maximum atomic E-state index is 12.0. The molecule has 5 heteroatoms. The van der Waals surface area contributed by atoms with Gasteiger partial charge in [-0.05, 0) is 36.8 Å². The molecular formula is C17H16N4O. The summed E-state index contributed by atoms with van der Waals surface area (Å²) in [4.78, 5) is 16.2. The predicted octanol–water partition coefficient (Wildman–Crippen LogP) is 2.53. The van der Waals surface area contributed by atoms with Gasteiger partial charge in [-0.25, -0.2) is 0 Å². The third-order valence-corrected chi connectivity index (χ3v) is 2.90. The van der Waals surface area contributed by atoms with E-state index in [1.54, 1.807) is 12.3 Å². The summed E-state index contributed by atoms with van der Waals surface area (Å²) in [5.74, 6) is -0.443. The van der Waals surface area contributed by atoms with Crippen LogP contribution in [0, 0.1) is 18.3 Å². The SMILES string of the molecule is Cc1cccc(NC(=O)/C(C#N)=C\NCc2ccccn2)c1. The van der Waals surface area contributed by atoms with Gasteiger partial charge < -0.3 is 10.6 Å². The van der Waals surface area contributed by atoms with Crippen molar-refractivity contribution in [3.63, 3.8) is 0 Å². The first-order valence-corrected chi connectivity index (χ1v) is 6.80. The van der Waals surface area contributed by atoms with Gasteiger partial charge in [-0.1, -0.05) is 18.2 Å². The van der Waals surface area contributed by atoms with Gasteiger partial charge >= 0.3 is 0 Å². The highest BCUT2D eigenvalue weighted by atomic mass is 16.1. The lowest BCUT2D eigenvalue weighted by Gasteiger charge is -2.05. The minimum absolute atomic E-state index is 0.0115. The van der Waals surface area contributed by atoms with E-state index in [1.807, 2.05) is 49.4 Å². The summed E-state index contributed by atoms with van der Waals surface area (Å²) in [7, 11) is 0. The fourth-order valence-corrected chi connectivity index (χ4v) is 1.83. The van der Waals surface area contributed by atoms with Crippen LogP contribution in [-0.4, -0.2) is 10.9 Å². The van der Waals surface area contributed by atoms with Crippen LogP contribution in [0.25, 0.3) is 0 Å². The monoisotopic (exact) mass is 292 g/mol. The molecule has 0 fully saturated rings. The Balaban J connectivity index is 1.97. The summed E-state index contributed by atoms with van der Waals surface area (Å²) in [5, 5.41) is 14.7. The molecule has 1 aromatic heterocycles. The highest BCUT2D eigenvalue weighted by Crippen LogP contribution is 2.10. The van der Waals surface area contributed by atoms with Crippen LogP contribution in [0.5, 0.6) is 0 Å². The molecule has 2 aromatic rings. The van der Waals surface area contributed by atoms with E-state index in [9.17, 15) is 4.79 Å². The molecule has 0 aliphatic heterocycles. The number of nitrogens with one attached hydrogen (secondary N) is 2. The lowest BCUT2D eigenvalue weighted by atomic mass is 10.2. The number of hydrogen-bond acceptors (Lipinski definition) is 4. The predicted molar refractivity (Wildman–Crippen MR) is 84.6 cm³/mol. The van der Waals surface area contributed by atoms with E-state index < -0.39 is 5.91 Å². The summed E-state index contributed by atoms with van der Waals surface area (Å²) in [6.07, 6.45) is 3.09. The van der Waals surface area contributed by atoms with E-state index in [0.717, 1.165) is 11.3 Å². The average Bonchev–Trinajstić information content (AvgIpc) is 2.52. The number of anilines is 1. The van der Waals surface area contributed by atoms with Crippen LogP contribution in [0.4, 0.5) is 5.69 Å². The minimum atomic E-state index is -0.443. The smallest absolute Gasteiger partial charge is 0.267 e. The van der Waals surface area contributed by atoms with Crippen LogP contribution in [0.3, 0.4) is 0 Å². The van der Waals surface area contributed by atoms with Gasteiger partial charge in [0.15, 0.2) is 0 Å². The van der Waals surface area contributed by atoms with Crippen LogP contribution >= 0.6 is 0 Å². The number of hydrogen-bond donors (Lipinski definition) is 2. The van der Waals surface area contributed by atoms with Gasteiger partial charge in [0.25, 0.3) is 5.91 Å². The fraction of sp³-hybridized carbons (Fsp3) is 0.118. The normalized spacial score (nSPS) is 10.6. The van der Waals surface area contributed by atoms with Crippen molar-refractivity contribution in [2.75, 3.05) is 5.32 Å². The Morgan fingerprint density at radius 1 is 1.32 bits per heavy atom. The Hall–Kier alpha value is -3.13. The maximum Gasteiger partial charge on any atom is 0.267 e. The molecule has 0 saturated carbocycles. The molecule has 1 heterocycles. The second-order valence-electron chi connectivity index (χ2n) is 4.70. The Morgan fingerprint density at radius 3 is 2.86 bits per heavy atom. The van der Waals surface area contributed by atoms with Crippen molar-refractivity contribution < 1.29 is 4.79 Å². The van der Waals surface area contributed by atoms with Crippen molar-refractivity contribution in [1.82, 2.24) is 10.3 Å². The first-order chi connectivity index (χ1) is 10.7. The van der Waals surface area contributed by atoms with E-state index in [-0.39, 0.29) is 5.57 Å². The molecule has 0 radical (unpaired) electrons. The van der Waals surface area contributed by atoms with Gasteiger partial charge in [0, 0.05) is 18.1 Å². The van der Waals surface area contributed by atoms with Crippen molar-refractivity contribution in [2.24, 2.45) is 0 Å². The zero-order valence-electron chi connectivity index (χ0n) is 12.2. The molecule has 0 unspecified atom stereocenters. The summed E-state index contributed by atoms with van der Waals surface area (Å²) in [6, 6.07) is 14.9. The minimum Gasteiger partial charge on any atom is -0.384 e. The lowest BCUT2D eigenvalue weighted by molar-refractivity contribution is -0.112. The standard InChI is InChI=1S/C17H16N4O/c1-13-5-4-7-15(9-13)21-17(22)14(10-18)11-19-12-16-6-2-3-8-20-16/h2-9,11,19H,12H2,1H3,(H,21,22)/b14-11-. The van der Waals surface area contributed by atoms with Gasteiger partial charge in [-0.3, -0.25) is 9.78 Å². The number of pyridine rings is 1. The highest BCUT2D eigenvalue weighted by Gasteiger charge is 2.09. The molecule has 110 valence electrons. The Bertz CT molecular complexity index is 717. The molecular weight excluding hydrogens is 276 g/mol. The molecule has 2 N–H and O–H groups in total. The quantitative estimate of drug-likeness (QED) is 0.655. The Labute approximate surface area is 129 Å². The molecule has 2 rings (SSSR count). The summed E-state index contributed by atoms with van der Waals surface area (Å²) < 4.78 is 0. The lowest BCUT2D eigenvalue weighted by Crippen LogP contribution is -2.16. The molecule has 5 nitrogen and oxygen atoms in total. The molecule has 0 aliphatic carbocycles. The molecule has 0 atom stereocenters. The summed E-state index contributed by atoms with van der Waals surface area (Å²) in [5.41, 5.74) is 2.54. The first kappa shape index (κ1) is 15.3. The topological polar surface area (TPSA) is 77.8 Å². The van der Waals surface area contributed by atoms with Crippen molar-refractivity contribution in [1.29, 1.82) is 5.26 Å². The van der Waals surface area contributed by atoms with E-state index in [1.165, 1.54) is 6.20 Å². The number of carbonyl (C=O) groups is 1. The fourth-order valence-electron chi connectivity index (χ4n) is 1.83. The molecule has 0 aliphatic rings. The van der Waals surface area contributed by atoms with Gasteiger partial charge in [0.05, 0.1) is 12.2 Å². The van der Waals surface area contributed by atoms with Crippen molar-refractivity contribution >= 4 is 11.6 Å². The van der Waals surface area contributed by atoms with Crippen molar-refractivity contribution in [2.45, 2.75) is 13.5 Å². The molecule has 22 heavy (non-hydrogen) atoms. The van der Waals surface area contributed by atoms with Crippen LogP contribution in [-0.2, 0) is 11.3 Å². The number of nitrogens with zero attached hydrogens (tertiary/aromatic N) is 2. The number of benzene rings is 1. The number of carbonyl (C=O) groups excluding carboxylic acids is 1. The zero-order valence-corrected chi connectivity index (χ0v) is 12.2. The molecule has 0 bridgehead atoms. The summed E-state index contributed by atoms with van der Waals surface area (Å²) >= 11 is 0. The number of amides is 1. The number of nitriles is 1. The highest BCUT2D eigenvalue weighted by molar-refractivity contribution is 6.06. The number of aryl methyl sites for hydroxylation is 1. The Kier molecular flexibility index (Phi) is 5.27. The van der Waals surface area contributed by atoms with E-state index in [0.29, 0.717) is 12.2 Å². The zero-order chi connectivity index (χ0) is 15.8. The van der Waals surface area contributed by atoms with Crippen LogP contribution in [0.2, 0.25) is 0 Å². The second-order valence-corrected chi connectivity index (χ2v) is 4.70. The van der Waals surface area contributed by atoms with Gasteiger partial charge in [0.2, 0.25) is 0 Å². The Morgan fingerprint density at radius 2 is 2.18 bits per heavy atom. The van der Waals surface area contributed by atoms with Gasteiger partial charge in [0.1, 0.15) is 11.6 Å². The van der Waals surface area contributed by atoms with Gasteiger partial charge in [-0.2, -0.15) is 5.26 Å². The van der Waals surface area contributed by atoms with E-state index in [2.05, 4.69) is 15.6 Å². The third-order valence-electron chi connectivity index (χ3n) is 2.90.